The highest BCUT2D eigenvalue weighted by atomic mass is 14.9. The molecule has 3 nitrogen and oxygen atoms in total. The van der Waals surface area contributed by atoms with Gasteiger partial charge in [-0.25, -0.2) is 9.97 Å². The van der Waals surface area contributed by atoms with E-state index in [-0.39, 0.29) is 0 Å². The van der Waals surface area contributed by atoms with Crippen LogP contribution in [-0.2, 0) is 6.42 Å². The van der Waals surface area contributed by atoms with Crippen molar-refractivity contribution in [2.45, 2.75) is 13.3 Å². The molecule has 0 saturated carbocycles. The van der Waals surface area contributed by atoms with Crippen molar-refractivity contribution in [1.29, 1.82) is 0 Å². The molecular weight excluding hydrogens is 198 g/mol. The largest absolute Gasteiger partial charge is 0.330 e. The summed E-state index contributed by atoms with van der Waals surface area (Å²) in [5, 5.41) is 0. The smallest absolute Gasteiger partial charge is 0.129 e. The molecule has 1 aromatic carbocycles. The van der Waals surface area contributed by atoms with Gasteiger partial charge < -0.3 is 5.73 Å². The number of benzene rings is 1. The molecule has 0 saturated heterocycles. The average Bonchev–Trinajstić information content (AvgIpc) is 2.31. The molecule has 0 aliphatic heterocycles. The second-order valence-electron chi connectivity index (χ2n) is 3.74. The Hall–Kier alpha value is -1.74. The summed E-state index contributed by atoms with van der Waals surface area (Å²) in [4.78, 5) is 8.59. The van der Waals surface area contributed by atoms with E-state index in [9.17, 15) is 0 Å². The summed E-state index contributed by atoms with van der Waals surface area (Å²) in [7, 11) is 0. The van der Waals surface area contributed by atoms with Crippen LogP contribution in [0.1, 0.15) is 11.4 Å². The Balaban J connectivity index is 2.31. The van der Waals surface area contributed by atoms with Crippen LogP contribution in [0.15, 0.2) is 36.7 Å². The van der Waals surface area contributed by atoms with Gasteiger partial charge in [0.25, 0.3) is 0 Å². The molecule has 0 aliphatic carbocycles. The zero-order valence-corrected chi connectivity index (χ0v) is 9.35. The Morgan fingerprint density at radius 3 is 2.44 bits per heavy atom. The molecular formula is C13H15N3. The zero-order chi connectivity index (χ0) is 11.4. The molecule has 2 N–H and O–H groups in total. The van der Waals surface area contributed by atoms with Crippen molar-refractivity contribution in [1.82, 2.24) is 9.97 Å². The van der Waals surface area contributed by atoms with Crippen molar-refractivity contribution < 1.29 is 0 Å². The second kappa shape index (κ2) is 4.86. The van der Waals surface area contributed by atoms with Gasteiger partial charge in [0, 0.05) is 24.4 Å². The highest BCUT2D eigenvalue weighted by Crippen LogP contribution is 2.21. The third-order valence-corrected chi connectivity index (χ3v) is 2.53. The van der Waals surface area contributed by atoms with Crippen LogP contribution >= 0.6 is 0 Å². The standard InChI is InChI=1S/C13H15N3/c1-10-4-2-3-5-12(10)11-8-15-13(6-7-14)16-9-11/h2-5,8-9H,6-7,14H2,1H3. The number of hydrogen-bond donors (Lipinski definition) is 1. The van der Waals surface area contributed by atoms with E-state index >= 15 is 0 Å². The quantitative estimate of drug-likeness (QED) is 0.847. The molecule has 0 bridgehead atoms. The minimum Gasteiger partial charge on any atom is -0.330 e. The van der Waals surface area contributed by atoms with Crippen LogP contribution in [-0.4, -0.2) is 16.5 Å². The molecule has 2 rings (SSSR count). The molecule has 82 valence electrons. The maximum Gasteiger partial charge on any atom is 0.129 e. The van der Waals surface area contributed by atoms with E-state index < -0.39 is 0 Å². The predicted octanol–water partition coefficient (Wildman–Crippen LogP) is 1.95. The molecule has 0 spiro atoms. The molecule has 3 heteroatoms. The van der Waals surface area contributed by atoms with E-state index in [0.29, 0.717) is 6.54 Å². The van der Waals surface area contributed by atoms with Gasteiger partial charge in [-0.05, 0) is 24.6 Å². The van der Waals surface area contributed by atoms with Crippen LogP contribution in [0.2, 0.25) is 0 Å². The Morgan fingerprint density at radius 1 is 1.12 bits per heavy atom. The van der Waals surface area contributed by atoms with Crippen LogP contribution in [0.5, 0.6) is 0 Å². The molecule has 0 amide bonds. The van der Waals surface area contributed by atoms with Crippen molar-refractivity contribution >= 4 is 0 Å². The number of hydrogen-bond acceptors (Lipinski definition) is 3. The maximum absolute atomic E-state index is 5.45. The van der Waals surface area contributed by atoms with Crippen LogP contribution in [0.4, 0.5) is 0 Å². The first-order valence-electron chi connectivity index (χ1n) is 5.38. The molecule has 2 aromatic rings. The number of rotatable bonds is 3. The van der Waals surface area contributed by atoms with Gasteiger partial charge in [0.15, 0.2) is 0 Å². The van der Waals surface area contributed by atoms with Crippen LogP contribution in [0.25, 0.3) is 11.1 Å². The predicted molar refractivity (Wildman–Crippen MR) is 65.0 cm³/mol. The van der Waals surface area contributed by atoms with Gasteiger partial charge >= 0.3 is 0 Å². The van der Waals surface area contributed by atoms with E-state index in [4.69, 9.17) is 5.73 Å². The van der Waals surface area contributed by atoms with Crippen LogP contribution in [0.3, 0.4) is 0 Å². The monoisotopic (exact) mass is 213 g/mol. The summed E-state index contributed by atoms with van der Waals surface area (Å²) in [5.41, 5.74) is 8.92. The lowest BCUT2D eigenvalue weighted by Gasteiger charge is -2.05. The zero-order valence-electron chi connectivity index (χ0n) is 9.35. The maximum atomic E-state index is 5.45. The third-order valence-electron chi connectivity index (χ3n) is 2.53. The van der Waals surface area contributed by atoms with Gasteiger partial charge in [-0.1, -0.05) is 24.3 Å². The lowest BCUT2D eigenvalue weighted by molar-refractivity contribution is 0.868. The SMILES string of the molecule is Cc1ccccc1-c1cnc(CCN)nc1. The molecule has 0 fully saturated rings. The van der Waals surface area contributed by atoms with Gasteiger partial charge in [-0.15, -0.1) is 0 Å². The first kappa shape index (κ1) is 10.8. The van der Waals surface area contributed by atoms with E-state index in [2.05, 4.69) is 29.0 Å². The number of aryl methyl sites for hydroxylation is 1. The number of aromatic nitrogens is 2. The van der Waals surface area contributed by atoms with Gasteiger partial charge in [0.1, 0.15) is 5.82 Å². The molecule has 0 atom stereocenters. The summed E-state index contributed by atoms with van der Waals surface area (Å²) in [6.45, 7) is 2.67. The topological polar surface area (TPSA) is 51.8 Å². The van der Waals surface area contributed by atoms with Gasteiger partial charge in [-0.2, -0.15) is 0 Å². The first-order valence-corrected chi connectivity index (χ1v) is 5.38. The summed E-state index contributed by atoms with van der Waals surface area (Å²) in [6, 6.07) is 8.22. The molecule has 1 heterocycles. The van der Waals surface area contributed by atoms with Gasteiger partial charge in [0.2, 0.25) is 0 Å². The Labute approximate surface area is 95.4 Å². The molecule has 0 radical (unpaired) electrons. The highest BCUT2D eigenvalue weighted by molar-refractivity contribution is 5.65. The van der Waals surface area contributed by atoms with Crippen molar-refractivity contribution in [3.05, 3.63) is 48.0 Å². The fraction of sp³-hybridized carbons (Fsp3) is 0.231. The lowest BCUT2D eigenvalue weighted by atomic mass is 10.0. The number of nitrogens with two attached hydrogens (primary N) is 1. The summed E-state index contributed by atoms with van der Waals surface area (Å²) in [5.74, 6) is 0.805. The number of nitrogens with zero attached hydrogens (tertiary/aromatic N) is 2. The highest BCUT2D eigenvalue weighted by Gasteiger charge is 2.02. The van der Waals surface area contributed by atoms with Crippen molar-refractivity contribution in [2.75, 3.05) is 6.54 Å². The minimum absolute atomic E-state index is 0.587. The van der Waals surface area contributed by atoms with E-state index in [1.165, 1.54) is 11.1 Å². The van der Waals surface area contributed by atoms with Crippen molar-refractivity contribution in [2.24, 2.45) is 5.73 Å². The fourth-order valence-electron chi connectivity index (χ4n) is 1.65. The average molecular weight is 213 g/mol. The fourth-order valence-corrected chi connectivity index (χ4v) is 1.65. The molecule has 0 unspecified atom stereocenters. The molecule has 1 aromatic heterocycles. The first-order chi connectivity index (χ1) is 7.81. The summed E-state index contributed by atoms with van der Waals surface area (Å²) < 4.78 is 0. The van der Waals surface area contributed by atoms with Crippen LogP contribution in [0, 0.1) is 6.92 Å². The minimum atomic E-state index is 0.587. The van der Waals surface area contributed by atoms with Crippen molar-refractivity contribution in [3.63, 3.8) is 0 Å². The normalized spacial score (nSPS) is 10.4. The molecule has 0 aliphatic rings. The van der Waals surface area contributed by atoms with Gasteiger partial charge in [0.05, 0.1) is 0 Å². The van der Waals surface area contributed by atoms with E-state index in [1.807, 2.05) is 24.5 Å². The Morgan fingerprint density at radius 2 is 1.81 bits per heavy atom. The van der Waals surface area contributed by atoms with Crippen molar-refractivity contribution in [3.8, 4) is 11.1 Å². The molecule has 16 heavy (non-hydrogen) atoms. The van der Waals surface area contributed by atoms with E-state index in [1.54, 1.807) is 0 Å². The van der Waals surface area contributed by atoms with Crippen LogP contribution < -0.4 is 5.73 Å². The third kappa shape index (κ3) is 2.25. The summed E-state index contributed by atoms with van der Waals surface area (Å²) >= 11 is 0. The summed E-state index contributed by atoms with van der Waals surface area (Å²) in [6.07, 6.45) is 4.45. The van der Waals surface area contributed by atoms with Gasteiger partial charge in [-0.3, -0.25) is 0 Å². The van der Waals surface area contributed by atoms with E-state index in [0.717, 1.165) is 17.8 Å². The lowest BCUT2D eigenvalue weighted by Crippen LogP contribution is -2.06. The Kier molecular flexibility index (Phi) is 3.27. The Bertz CT molecular complexity index is 463. The second-order valence-corrected chi connectivity index (χ2v) is 3.74.